The number of benzene rings is 2. The molecule has 0 radical (unpaired) electrons. The first-order valence-electron chi connectivity index (χ1n) is 11.2. The Morgan fingerprint density at radius 1 is 0.969 bits per heavy atom. The number of nitrogens with zero attached hydrogens (tertiary/aromatic N) is 2. The Bertz CT molecular complexity index is 848. The predicted octanol–water partition coefficient (Wildman–Crippen LogP) is 3.08. The van der Waals surface area contributed by atoms with Gasteiger partial charge in [-0.1, -0.05) is 12.1 Å². The number of hydrogen-bond donors (Lipinski definition) is 2. The molecular weight excluding hydrogens is 404 g/mol. The van der Waals surface area contributed by atoms with Crippen LogP contribution in [0.15, 0.2) is 47.5 Å². The number of guanidine groups is 1. The molecule has 7 nitrogen and oxygen atoms in total. The van der Waals surface area contributed by atoms with E-state index in [1.807, 2.05) is 25.2 Å². The maximum absolute atomic E-state index is 5.39. The second kappa shape index (κ2) is 12.2. The van der Waals surface area contributed by atoms with Crippen molar-refractivity contribution in [1.29, 1.82) is 0 Å². The Morgan fingerprint density at radius 2 is 1.66 bits per heavy atom. The fraction of sp³-hybridized carbons (Fsp3) is 0.480. The third kappa shape index (κ3) is 7.05. The molecule has 174 valence electrons. The minimum Gasteiger partial charge on any atom is -0.497 e. The van der Waals surface area contributed by atoms with Gasteiger partial charge in [0.1, 0.15) is 17.2 Å². The van der Waals surface area contributed by atoms with Gasteiger partial charge in [-0.25, -0.2) is 0 Å². The van der Waals surface area contributed by atoms with Crippen LogP contribution in [0.25, 0.3) is 0 Å². The number of aliphatic imine (C=N–C) groups is 1. The van der Waals surface area contributed by atoms with E-state index in [9.17, 15) is 0 Å². The number of aryl methyl sites for hydroxylation is 1. The van der Waals surface area contributed by atoms with Crippen LogP contribution in [0.1, 0.15) is 24.0 Å². The summed E-state index contributed by atoms with van der Waals surface area (Å²) in [6, 6.07) is 14.7. The molecule has 2 aromatic rings. The predicted molar refractivity (Wildman–Crippen MR) is 129 cm³/mol. The largest absolute Gasteiger partial charge is 0.497 e. The second-order valence-electron chi connectivity index (χ2n) is 8.04. The molecule has 1 fully saturated rings. The zero-order chi connectivity index (χ0) is 22.8. The van der Waals surface area contributed by atoms with Gasteiger partial charge in [0.15, 0.2) is 5.96 Å². The van der Waals surface area contributed by atoms with Crippen LogP contribution in [-0.2, 0) is 13.0 Å². The number of likely N-dealkylation sites (tertiary alicyclic amines) is 1. The average molecular weight is 441 g/mol. The molecule has 2 N–H and O–H groups in total. The Labute approximate surface area is 191 Å². The summed E-state index contributed by atoms with van der Waals surface area (Å²) in [5.41, 5.74) is 2.51. The van der Waals surface area contributed by atoms with Gasteiger partial charge >= 0.3 is 0 Å². The molecule has 0 bridgehead atoms. The van der Waals surface area contributed by atoms with E-state index < -0.39 is 0 Å². The summed E-state index contributed by atoms with van der Waals surface area (Å²) in [7, 11) is 6.89. The van der Waals surface area contributed by atoms with Crippen LogP contribution in [-0.4, -0.2) is 64.9 Å². The van der Waals surface area contributed by atoms with Gasteiger partial charge in [-0.05, 0) is 54.7 Å². The van der Waals surface area contributed by atoms with Crippen LogP contribution in [0, 0.1) is 0 Å². The summed E-state index contributed by atoms with van der Waals surface area (Å²) in [6.45, 7) is 3.78. The maximum atomic E-state index is 5.39. The van der Waals surface area contributed by atoms with E-state index in [0.717, 1.165) is 68.6 Å². The van der Waals surface area contributed by atoms with Gasteiger partial charge in [0, 0.05) is 45.3 Å². The Morgan fingerprint density at radius 3 is 2.28 bits per heavy atom. The topological polar surface area (TPSA) is 67.4 Å². The SMILES string of the molecule is CN=C(NCCCc1ccc(OC)cc1)NC1CCN(Cc2cc(OC)cc(OC)c2)C1. The highest BCUT2D eigenvalue weighted by atomic mass is 16.5. The molecule has 1 aliphatic rings. The van der Waals surface area contributed by atoms with E-state index in [2.05, 4.69) is 44.8 Å². The molecule has 32 heavy (non-hydrogen) atoms. The van der Waals surface area contributed by atoms with Crippen molar-refractivity contribution >= 4 is 5.96 Å². The Kier molecular flexibility index (Phi) is 9.04. The molecular formula is C25H36N4O3. The standard InChI is InChI=1S/C25H36N4O3/c1-26-25(27-12-5-6-19-7-9-22(30-2)10-8-19)28-21-11-13-29(18-21)17-20-14-23(31-3)16-24(15-20)32-4/h7-10,14-16,21H,5-6,11-13,17-18H2,1-4H3,(H2,26,27,28). The number of hydrogen-bond acceptors (Lipinski definition) is 5. The summed E-state index contributed by atoms with van der Waals surface area (Å²) in [5, 5.41) is 7.02. The molecule has 3 rings (SSSR count). The number of rotatable bonds is 10. The van der Waals surface area contributed by atoms with E-state index in [4.69, 9.17) is 14.2 Å². The van der Waals surface area contributed by atoms with Crippen molar-refractivity contribution in [2.45, 2.75) is 31.8 Å². The molecule has 1 atom stereocenters. The maximum Gasteiger partial charge on any atom is 0.191 e. The van der Waals surface area contributed by atoms with Gasteiger partial charge in [-0.15, -0.1) is 0 Å². The van der Waals surface area contributed by atoms with Crippen LogP contribution in [0.3, 0.4) is 0 Å². The quantitative estimate of drug-likeness (QED) is 0.336. The summed E-state index contributed by atoms with van der Waals surface area (Å²) < 4.78 is 16.0. The third-order valence-corrected chi connectivity index (χ3v) is 5.75. The molecule has 0 amide bonds. The normalized spacial score (nSPS) is 16.6. The second-order valence-corrected chi connectivity index (χ2v) is 8.04. The first kappa shape index (κ1) is 23.7. The lowest BCUT2D eigenvalue weighted by atomic mass is 10.1. The molecule has 0 spiro atoms. The zero-order valence-electron chi connectivity index (χ0n) is 19.7. The van der Waals surface area contributed by atoms with Gasteiger partial charge in [0.05, 0.1) is 21.3 Å². The molecule has 0 aromatic heterocycles. The number of ether oxygens (including phenoxy) is 3. The molecule has 1 unspecified atom stereocenters. The molecule has 1 aliphatic heterocycles. The Balaban J connectivity index is 1.40. The van der Waals surface area contributed by atoms with E-state index in [1.165, 1.54) is 11.1 Å². The van der Waals surface area contributed by atoms with Crippen LogP contribution >= 0.6 is 0 Å². The molecule has 1 saturated heterocycles. The summed E-state index contributed by atoms with van der Waals surface area (Å²) in [4.78, 5) is 6.85. The van der Waals surface area contributed by atoms with Crippen molar-refractivity contribution in [3.63, 3.8) is 0 Å². The Hall–Kier alpha value is -2.93. The number of nitrogens with one attached hydrogen (secondary N) is 2. The molecule has 2 aromatic carbocycles. The highest BCUT2D eigenvalue weighted by Crippen LogP contribution is 2.24. The van der Waals surface area contributed by atoms with Crippen molar-refractivity contribution in [3.8, 4) is 17.2 Å². The minimum atomic E-state index is 0.385. The molecule has 1 heterocycles. The lowest BCUT2D eigenvalue weighted by molar-refractivity contribution is 0.321. The van der Waals surface area contributed by atoms with Crippen LogP contribution in [0.2, 0.25) is 0 Å². The van der Waals surface area contributed by atoms with Crippen LogP contribution in [0.5, 0.6) is 17.2 Å². The average Bonchev–Trinajstić information content (AvgIpc) is 3.27. The fourth-order valence-corrected chi connectivity index (χ4v) is 3.99. The fourth-order valence-electron chi connectivity index (χ4n) is 3.99. The highest BCUT2D eigenvalue weighted by molar-refractivity contribution is 5.80. The van der Waals surface area contributed by atoms with Gasteiger partial charge in [0.25, 0.3) is 0 Å². The first-order valence-corrected chi connectivity index (χ1v) is 11.2. The van der Waals surface area contributed by atoms with Gasteiger partial charge in [-0.3, -0.25) is 9.89 Å². The minimum absolute atomic E-state index is 0.385. The van der Waals surface area contributed by atoms with Crippen molar-refractivity contribution in [2.24, 2.45) is 4.99 Å². The van der Waals surface area contributed by atoms with Crippen molar-refractivity contribution in [1.82, 2.24) is 15.5 Å². The lowest BCUT2D eigenvalue weighted by Gasteiger charge is -2.19. The van der Waals surface area contributed by atoms with Crippen molar-refractivity contribution < 1.29 is 14.2 Å². The van der Waals surface area contributed by atoms with Gasteiger partial charge in [-0.2, -0.15) is 0 Å². The van der Waals surface area contributed by atoms with Crippen molar-refractivity contribution in [2.75, 3.05) is 48.0 Å². The van der Waals surface area contributed by atoms with E-state index in [-0.39, 0.29) is 0 Å². The summed E-state index contributed by atoms with van der Waals surface area (Å²) >= 11 is 0. The lowest BCUT2D eigenvalue weighted by Crippen LogP contribution is -2.44. The van der Waals surface area contributed by atoms with Gasteiger partial charge < -0.3 is 24.8 Å². The van der Waals surface area contributed by atoms with Crippen molar-refractivity contribution in [3.05, 3.63) is 53.6 Å². The number of methoxy groups -OCH3 is 3. The van der Waals surface area contributed by atoms with E-state index in [1.54, 1.807) is 21.3 Å². The monoisotopic (exact) mass is 440 g/mol. The molecule has 0 saturated carbocycles. The van der Waals surface area contributed by atoms with E-state index in [0.29, 0.717) is 6.04 Å². The smallest absolute Gasteiger partial charge is 0.191 e. The summed E-state index contributed by atoms with van der Waals surface area (Å²) in [5.74, 6) is 3.42. The first-order chi connectivity index (χ1) is 15.6. The van der Waals surface area contributed by atoms with Crippen LogP contribution in [0.4, 0.5) is 0 Å². The zero-order valence-corrected chi connectivity index (χ0v) is 19.7. The third-order valence-electron chi connectivity index (χ3n) is 5.75. The van der Waals surface area contributed by atoms with Crippen LogP contribution < -0.4 is 24.8 Å². The summed E-state index contributed by atoms with van der Waals surface area (Å²) in [6.07, 6.45) is 3.16. The highest BCUT2D eigenvalue weighted by Gasteiger charge is 2.23. The van der Waals surface area contributed by atoms with E-state index >= 15 is 0 Å². The molecule has 0 aliphatic carbocycles. The molecule has 7 heteroatoms. The van der Waals surface area contributed by atoms with Gasteiger partial charge in [0.2, 0.25) is 0 Å².